The molecule has 0 amide bonds. The number of nitrogens with two attached hydrogens (primary N) is 1. The van der Waals surface area contributed by atoms with Gasteiger partial charge in [-0.25, -0.2) is 15.8 Å². The maximum atomic E-state index is 5.60. The number of aromatic nitrogens is 2. The molecular formula is C16H18N4S. The predicted molar refractivity (Wildman–Crippen MR) is 89.5 cm³/mol. The molecule has 3 rings (SSSR count). The number of nitrogens with one attached hydrogen (secondary N) is 1. The van der Waals surface area contributed by atoms with Gasteiger partial charge in [0.2, 0.25) is 0 Å². The molecule has 0 bridgehead atoms. The lowest BCUT2D eigenvalue weighted by atomic mass is 10.0. The summed E-state index contributed by atoms with van der Waals surface area (Å²) >= 11 is 1.65. The van der Waals surface area contributed by atoms with Gasteiger partial charge < -0.3 is 5.43 Å². The van der Waals surface area contributed by atoms with Crippen LogP contribution in [0.25, 0.3) is 21.6 Å². The Balaban J connectivity index is 2.11. The van der Waals surface area contributed by atoms with E-state index in [1.807, 2.05) is 0 Å². The van der Waals surface area contributed by atoms with Gasteiger partial charge in [0.1, 0.15) is 4.83 Å². The van der Waals surface area contributed by atoms with Gasteiger partial charge in [-0.05, 0) is 24.5 Å². The lowest BCUT2D eigenvalue weighted by Gasteiger charge is -2.08. The average molecular weight is 298 g/mol. The zero-order valence-electron chi connectivity index (χ0n) is 12.3. The number of hydrogen-bond acceptors (Lipinski definition) is 5. The van der Waals surface area contributed by atoms with Crippen LogP contribution in [-0.4, -0.2) is 9.97 Å². The Bertz CT molecular complexity index is 775. The summed E-state index contributed by atoms with van der Waals surface area (Å²) in [6.07, 6.45) is 0. The van der Waals surface area contributed by atoms with E-state index in [1.165, 1.54) is 10.4 Å². The van der Waals surface area contributed by atoms with Crippen molar-refractivity contribution in [2.24, 2.45) is 5.84 Å². The van der Waals surface area contributed by atoms with E-state index >= 15 is 0 Å². The molecule has 0 radical (unpaired) electrons. The smallest absolute Gasteiger partial charge is 0.163 e. The zero-order valence-corrected chi connectivity index (χ0v) is 13.2. The highest BCUT2D eigenvalue weighted by atomic mass is 32.1. The molecule has 0 atom stereocenters. The molecule has 0 saturated heterocycles. The molecule has 3 N–H and O–H groups in total. The standard InChI is InChI=1S/C16H18N4S/c1-9(2)11-4-6-12(7-5-11)14-18-15(20-17)13-8-10(3)21-16(13)19-14/h4-9H,17H2,1-3H3,(H,18,19,20). The number of fused-ring (bicyclic) bond motifs is 1. The number of nitrogen functional groups attached to an aromatic ring is 1. The van der Waals surface area contributed by atoms with Crippen molar-refractivity contribution in [1.82, 2.24) is 9.97 Å². The fourth-order valence-electron chi connectivity index (χ4n) is 2.30. The number of thiophene rings is 1. The van der Waals surface area contributed by atoms with Crippen molar-refractivity contribution < 1.29 is 0 Å². The van der Waals surface area contributed by atoms with Crippen LogP contribution in [0.4, 0.5) is 5.82 Å². The van der Waals surface area contributed by atoms with Gasteiger partial charge in [0.15, 0.2) is 11.6 Å². The third kappa shape index (κ3) is 2.62. The van der Waals surface area contributed by atoms with Crippen LogP contribution in [0, 0.1) is 6.92 Å². The Morgan fingerprint density at radius 3 is 2.48 bits per heavy atom. The van der Waals surface area contributed by atoms with E-state index in [0.29, 0.717) is 17.6 Å². The topological polar surface area (TPSA) is 63.8 Å². The van der Waals surface area contributed by atoms with E-state index < -0.39 is 0 Å². The number of aryl methyl sites for hydroxylation is 1. The minimum absolute atomic E-state index is 0.517. The van der Waals surface area contributed by atoms with E-state index in [1.54, 1.807) is 11.3 Å². The number of nitrogens with zero attached hydrogens (tertiary/aromatic N) is 2. The molecule has 0 aliphatic rings. The maximum Gasteiger partial charge on any atom is 0.163 e. The second-order valence-corrected chi connectivity index (χ2v) is 6.63. The number of hydrazine groups is 1. The van der Waals surface area contributed by atoms with Crippen LogP contribution in [0.1, 0.15) is 30.2 Å². The second-order valence-electron chi connectivity index (χ2n) is 5.39. The molecule has 0 aliphatic carbocycles. The fourth-order valence-corrected chi connectivity index (χ4v) is 3.18. The summed E-state index contributed by atoms with van der Waals surface area (Å²) in [5.74, 6) is 7.49. The van der Waals surface area contributed by atoms with Crippen molar-refractivity contribution in [3.63, 3.8) is 0 Å². The first-order valence-corrected chi connectivity index (χ1v) is 7.75. The van der Waals surface area contributed by atoms with Crippen LogP contribution >= 0.6 is 11.3 Å². The van der Waals surface area contributed by atoms with Crippen molar-refractivity contribution in [2.75, 3.05) is 5.43 Å². The third-order valence-electron chi connectivity index (χ3n) is 3.49. The van der Waals surface area contributed by atoms with Crippen LogP contribution in [0.3, 0.4) is 0 Å². The van der Waals surface area contributed by atoms with Gasteiger partial charge >= 0.3 is 0 Å². The molecule has 1 aromatic carbocycles. The molecule has 5 heteroatoms. The Labute approximate surface area is 128 Å². The van der Waals surface area contributed by atoms with Gasteiger partial charge in [0.05, 0.1) is 5.39 Å². The Morgan fingerprint density at radius 2 is 1.86 bits per heavy atom. The highest BCUT2D eigenvalue weighted by Crippen LogP contribution is 2.30. The van der Waals surface area contributed by atoms with E-state index in [2.05, 4.69) is 66.5 Å². The SMILES string of the molecule is Cc1cc2c(NN)nc(-c3ccc(C(C)C)cc3)nc2s1. The minimum atomic E-state index is 0.517. The zero-order chi connectivity index (χ0) is 15.0. The molecular weight excluding hydrogens is 280 g/mol. The first kappa shape index (κ1) is 14.0. The Hall–Kier alpha value is -1.98. The molecule has 108 valence electrons. The molecule has 2 heterocycles. The van der Waals surface area contributed by atoms with E-state index in [4.69, 9.17) is 5.84 Å². The van der Waals surface area contributed by atoms with Crippen LogP contribution in [0.15, 0.2) is 30.3 Å². The van der Waals surface area contributed by atoms with Gasteiger partial charge in [0, 0.05) is 10.4 Å². The predicted octanol–water partition coefficient (Wildman–Crippen LogP) is 4.08. The first-order valence-electron chi connectivity index (χ1n) is 6.93. The molecule has 3 aromatic rings. The molecule has 21 heavy (non-hydrogen) atoms. The largest absolute Gasteiger partial charge is 0.308 e. The van der Waals surface area contributed by atoms with Gasteiger partial charge in [-0.3, -0.25) is 0 Å². The summed E-state index contributed by atoms with van der Waals surface area (Å²) in [7, 11) is 0. The summed E-state index contributed by atoms with van der Waals surface area (Å²) in [5.41, 5.74) is 4.99. The molecule has 0 unspecified atom stereocenters. The lowest BCUT2D eigenvalue weighted by molar-refractivity contribution is 0.867. The summed E-state index contributed by atoms with van der Waals surface area (Å²) in [5, 5.41) is 0.975. The quantitative estimate of drug-likeness (QED) is 0.565. The summed E-state index contributed by atoms with van der Waals surface area (Å²) in [6.45, 7) is 6.43. The second kappa shape index (κ2) is 5.42. The first-order chi connectivity index (χ1) is 10.1. The molecule has 0 aliphatic heterocycles. The van der Waals surface area contributed by atoms with Crippen LogP contribution in [0.5, 0.6) is 0 Å². The van der Waals surface area contributed by atoms with Gasteiger partial charge in [-0.2, -0.15) is 0 Å². The number of rotatable bonds is 3. The maximum absolute atomic E-state index is 5.60. The van der Waals surface area contributed by atoms with E-state index in [0.717, 1.165) is 15.8 Å². The fraction of sp³-hybridized carbons (Fsp3) is 0.250. The normalized spacial score (nSPS) is 11.3. The van der Waals surface area contributed by atoms with Gasteiger partial charge in [-0.1, -0.05) is 38.1 Å². The summed E-state index contributed by atoms with van der Waals surface area (Å²) in [6, 6.07) is 10.4. The van der Waals surface area contributed by atoms with Gasteiger partial charge in [-0.15, -0.1) is 11.3 Å². The van der Waals surface area contributed by atoms with Crippen molar-refractivity contribution >= 4 is 27.4 Å². The van der Waals surface area contributed by atoms with E-state index in [9.17, 15) is 0 Å². The highest BCUT2D eigenvalue weighted by molar-refractivity contribution is 7.18. The molecule has 0 spiro atoms. The molecule has 2 aromatic heterocycles. The Morgan fingerprint density at radius 1 is 1.14 bits per heavy atom. The van der Waals surface area contributed by atoms with Crippen LogP contribution < -0.4 is 11.3 Å². The third-order valence-corrected chi connectivity index (χ3v) is 4.43. The highest BCUT2D eigenvalue weighted by Gasteiger charge is 2.11. The lowest BCUT2D eigenvalue weighted by Crippen LogP contribution is -2.09. The van der Waals surface area contributed by atoms with Crippen molar-refractivity contribution in [3.05, 3.63) is 40.8 Å². The molecule has 0 saturated carbocycles. The summed E-state index contributed by atoms with van der Waals surface area (Å²) in [4.78, 5) is 11.4. The van der Waals surface area contributed by atoms with Crippen LogP contribution in [0.2, 0.25) is 0 Å². The summed E-state index contributed by atoms with van der Waals surface area (Å²) < 4.78 is 0. The Kier molecular flexibility index (Phi) is 3.61. The van der Waals surface area contributed by atoms with Crippen molar-refractivity contribution in [2.45, 2.75) is 26.7 Å². The minimum Gasteiger partial charge on any atom is -0.308 e. The number of benzene rings is 1. The van der Waals surface area contributed by atoms with Crippen molar-refractivity contribution in [1.29, 1.82) is 0 Å². The van der Waals surface area contributed by atoms with Gasteiger partial charge in [0.25, 0.3) is 0 Å². The monoisotopic (exact) mass is 298 g/mol. The van der Waals surface area contributed by atoms with E-state index in [-0.39, 0.29) is 0 Å². The molecule has 0 fully saturated rings. The van der Waals surface area contributed by atoms with Crippen molar-refractivity contribution in [3.8, 4) is 11.4 Å². The van der Waals surface area contributed by atoms with Crippen LogP contribution in [-0.2, 0) is 0 Å². The number of anilines is 1. The number of hydrogen-bond donors (Lipinski definition) is 2. The average Bonchev–Trinajstić information content (AvgIpc) is 2.86. The molecule has 4 nitrogen and oxygen atoms in total.